The summed E-state index contributed by atoms with van der Waals surface area (Å²) < 4.78 is 11.2. The molecular weight excluding hydrogens is 258 g/mol. The van der Waals surface area contributed by atoms with E-state index in [0.717, 1.165) is 24.5 Å². The largest absolute Gasteiger partial charge is 0.493 e. The van der Waals surface area contributed by atoms with E-state index in [9.17, 15) is 0 Å². The second kappa shape index (κ2) is 7.16. The van der Waals surface area contributed by atoms with Crippen LogP contribution >= 0.6 is 11.3 Å². The molecule has 19 heavy (non-hydrogen) atoms. The minimum absolute atomic E-state index is 0.669. The smallest absolute Gasteiger partial charge is 0.161 e. The average molecular weight is 277 g/mol. The van der Waals surface area contributed by atoms with E-state index in [1.54, 1.807) is 18.4 Å². The highest BCUT2D eigenvalue weighted by molar-refractivity contribution is 7.09. The Morgan fingerprint density at radius 3 is 2.79 bits per heavy atom. The standard InChI is InChI=1S/C15H19NO2S/c1-16-11-12-5-6-14(15(10-12)17-2)18-8-7-13-4-3-9-19-13/h3-6,9-10,16H,7-8,11H2,1-2H3. The Kier molecular flexibility index (Phi) is 5.24. The molecule has 3 nitrogen and oxygen atoms in total. The van der Waals surface area contributed by atoms with Crippen LogP contribution in [0.2, 0.25) is 0 Å². The molecule has 0 aliphatic carbocycles. The van der Waals surface area contributed by atoms with Crippen LogP contribution in [0, 0.1) is 0 Å². The Bertz CT molecular complexity index is 497. The Balaban J connectivity index is 1.95. The van der Waals surface area contributed by atoms with Gasteiger partial charge < -0.3 is 14.8 Å². The van der Waals surface area contributed by atoms with Crippen molar-refractivity contribution in [2.24, 2.45) is 0 Å². The summed E-state index contributed by atoms with van der Waals surface area (Å²) in [5.74, 6) is 1.60. The Labute approximate surface area is 118 Å². The van der Waals surface area contributed by atoms with Crippen LogP contribution in [0.3, 0.4) is 0 Å². The summed E-state index contributed by atoms with van der Waals surface area (Å²) >= 11 is 1.76. The lowest BCUT2D eigenvalue weighted by molar-refractivity contribution is 0.298. The highest BCUT2D eigenvalue weighted by Crippen LogP contribution is 2.28. The zero-order chi connectivity index (χ0) is 13.5. The predicted molar refractivity (Wildman–Crippen MR) is 79.3 cm³/mol. The molecule has 0 unspecified atom stereocenters. The molecule has 0 spiro atoms. The molecule has 2 aromatic rings. The molecule has 1 heterocycles. The van der Waals surface area contributed by atoms with Crippen LogP contribution in [0.4, 0.5) is 0 Å². The molecule has 0 radical (unpaired) electrons. The van der Waals surface area contributed by atoms with Gasteiger partial charge in [0.25, 0.3) is 0 Å². The molecule has 0 bridgehead atoms. The van der Waals surface area contributed by atoms with E-state index in [-0.39, 0.29) is 0 Å². The van der Waals surface area contributed by atoms with E-state index in [2.05, 4.69) is 28.9 Å². The minimum Gasteiger partial charge on any atom is -0.493 e. The van der Waals surface area contributed by atoms with E-state index >= 15 is 0 Å². The third-order valence-corrected chi connectivity index (χ3v) is 3.73. The SMILES string of the molecule is CNCc1ccc(OCCc2cccs2)c(OC)c1. The summed E-state index contributed by atoms with van der Waals surface area (Å²) in [6.07, 6.45) is 0.930. The summed E-state index contributed by atoms with van der Waals surface area (Å²) in [6.45, 7) is 1.49. The first-order valence-corrected chi connectivity index (χ1v) is 7.18. The minimum atomic E-state index is 0.669. The summed E-state index contributed by atoms with van der Waals surface area (Å²) in [5.41, 5.74) is 1.19. The molecule has 0 atom stereocenters. The highest BCUT2D eigenvalue weighted by Gasteiger charge is 2.05. The number of rotatable bonds is 7. The Morgan fingerprint density at radius 1 is 1.21 bits per heavy atom. The quantitative estimate of drug-likeness (QED) is 0.843. The van der Waals surface area contributed by atoms with E-state index in [4.69, 9.17) is 9.47 Å². The number of ether oxygens (including phenoxy) is 2. The van der Waals surface area contributed by atoms with Crippen molar-refractivity contribution in [2.75, 3.05) is 20.8 Å². The molecule has 0 fully saturated rings. The highest BCUT2D eigenvalue weighted by atomic mass is 32.1. The van der Waals surface area contributed by atoms with Gasteiger partial charge in [-0.15, -0.1) is 11.3 Å². The van der Waals surface area contributed by atoms with Crippen molar-refractivity contribution in [1.82, 2.24) is 5.32 Å². The first-order chi connectivity index (χ1) is 9.33. The van der Waals surface area contributed by atoms with Crippen molar-refractivity contribution >= 4 is 11.3 Å². The molecule has 0 saturated carbocycles. The first kappa shape index (κ1) is 13.9. The average Bonchev–Trinajstić information content (AvgIpc) is 2.93. The normalized spacial score (nSPS) is 10.4. The lowest BCUT2D eigenvalue weighted by atomic mass is 10.2. The second-order valence-corrected chi connectivity index (χ2v) is 5.23. The van der Waals surface area contributed by atoms with E-state index in [1.165, 1.54) is 10.4 Å². The lowest BCUT2D eigenvalue weighted by Gasteiger charge is -2.12. The summed E-state index contributed by atoms with van der Waals surface area (Å²) in [5, 5.41) is 5.21. The van der Waals surface area contributed by atoms with Gasteiger partial charge in [0.2, 0.25) is 0 Å². The van der Waals surface area contributed by atoms with Crippen molar-refractivity contribution in [3.8, 4) is 11.5 Å². The first-order valence-electron chi connectivity index (χ1n) is 6.30. The van der Waals surface area contributed by atoms with Crippen molar-refractivity contribution in [2.45, 2.75) is 13.0 Å². The van der Waals surface area contributed by atoms with Crippen LogP contribution < -0.4 is 14.8 Å². The fourth-order valence-electron chi connectivity index (χ4n) is 1.86. The van der Waals surface area contributed by atoms with Gasteiger partial charge in [0.05, 0.1) is 13.7 Å². The molecule has 0 saturated heterocycles. The van der Waals surface area contributed by atoms with Crippen molar-refractivity contribution < 1.29 is 9.47 Å². The van der Waals surface area contributed by atoms with Gasteiger partial charge in [0, 0.05) is 17.8 Å². The maximum Gasteiger partial charge on any atom is 0.161 e. The monoisotopic (exact) mass is 277 g/mol. The predicted octanol–water partition coefficient (Wildman–Crippen LogP) is 3.10. The molecule has 4 heteroatoms. The molecule has 1 N–H and O–H groups in total. The summed E-state index contributed by atoms with van der Waals surface area (Å²) in [6, 6.07) is 10.2. The van der Waals surface area contributed by atoms with Gasteiger partial charge in [0.15, 0.2) is 11.5 Å². The number of thiophene rings is 1. The lowest BCUT2D eigenvalue weighted by Crippen LogP contribution is -2.06. The van der Waals surface area contributed by atoms with Gasteiger partial charge in [-0.2, -0.15) is 0 Å². The van der Waals surface area contributed by atoms with Gasteiger partial charge in [0.1, 0.15) is 0 Å². The maximum atomic E-state index is 5.80. The van der Waals surface area contributed by atoms with Gasteiger partial charge in [-0.05, 0) is 36.2 Å². The molecule has 0 amide bonds. The van der Waals surface area contributed by atoms with Crippen LogP contribution in [0.5, 0.6) is 11.5 Å². The van der Waals surface area contributed by atoms with E-state index in [1.807, 2.05) is 19.2 Å². The molecule has 0 aliphatic heterocycles. The third kappa shape index (κ3) is 3.98. The molecule has 1 aromatic carbocycles. The molecular formula is C15H19NO2S. The van der Waals surface area contributed by atoms with Crippen molar-refractivity contribution in [3.63, 3.8) is 0 Å². The zero-order valence-electron chi connectivity index (χ0n) is 11.3. The summed E-state index contributed by atoms with van der Waals surface area (Å²) in [4.78, 5) is 1.34. The molecule has 2 rings (SSSR count). The maximum absolute atomic E-state index is 5.80. The molecule has 1 aromatic heterocycles. The summed E-state index contributed by atoms with van der Waals surface area (Å²) in [7, 11) is 3.60. The van der Waals surface area contributed by atoms with Crippen LogP contribution in [0.15, 0.2) is 35.7 Å². The van der Waals surface area contributed by atoms with Crippen LogP contribution in [-0.2, 0) is 13.0 Å². The number of nitrogens with one attached hydrogen (secondary N) is 1. The van der Waals surface area contributed by atoms with E-state index < -0.39 is 0 Å². The van der Waals surface area contributed by atoms with Gasteiger partial charge in [-0.1, -0.05) is 12.1 Å². The number of benzene rings is 1. The van der Waals surface area contributed by atoms with Crippen LogP contribution in [0.25, 0.3) is 0 Å². The van der Waals surface area contributed by atoms with E-state index in [0.29, 0.717) is 6.61 Å². The molecule has 0 aliphatic rings. The van der Waals surface area contributed by atoms with Crippen LogP contribution in [-0.4, -0.2) is 20.8 Å². The number of methoxy groups -OCH3 is 1. The topological polar surface area (TPSA) is 30.5 Å². The zero-order valence-corrected chi connectivity index (χ0v) is 12.1. The van der Waals surface area contributed by atoms with Gasteiger partial charge in [-0.3, -0.25) is 0 Å². The molecule has 102 valence electrons. The van der Waals surface area contributed by atoms with Crippen molar-refractivity contribution in [1.29, 1.82) is 0 Å². The van der Waals surface area contributed by atoms with Crippen LogP contribution in [0.1, 0.15) is 10.4 Å². The van der Waals surface area contributed by atoms with Gasteiger partial charge >= 0.3 is 0 Å². The number of hydrogen-bond acceptors (Lipinski definition) is 4. The van der Waals surface area contributed by atoms with Gasteiger partial charge in [-0.25, -0.2) is 0 Å². The fraction of sp³-hybridized carbons (Fsp3) is 0.333. The number of hydrogen-bond donors (Lipinski definition) is 1. The second-order valence-electron chi connectivity index (χ2n) is 4.19. The third-order valence-electron chi connectivity index (χ3n) is 2.80. The van der Waals surface area contributed by atoms with Crippen molar-refractivity contribution in [3.05, 3.63) is 46.2 Å². The fourth-order valence-corrected chi connectivity index (χ4v) is 2.55. The Hall–Kier alpha value is -1.52. The Morgan fingerprint density at radius 2 is 2.11 bits per heavy atom.